The number of alkyl halides is 2. The number of benzene rings is 1. The van der Waals surface area contributed by atoms with Crippen LogP contribution >= 0.6 is 0 Å². The smallest absolute Gasteiger partial charge is 0.283 e. The minimum absolute atomic E-state index is 0.282. The molecular formula is C13H14F3N3O4. The first-order valence-electron chi connectivity index (χ1n) is 6.48. The quantitative estimate of drug-likeness (QED) is 0.670. The second-order valence-corrected chi connectivity index (χ2v) is 5.09. The van der Waals surface area contributed by atoms with Crippen molar-refractivity contribution in [1.29, 1.82) is 0 Å². The number of halogens is 3. The van der Waals surface area contributed by atoms with E-state index in [4.69, 9.17) is 15.2 Å². The van der Waals surface area contributed by atoms with Crippen LogP contribution in [0.25, 0.3) is 0 Å². The minimum atomic E-state index is -2.98. The Balaban J connectivity index is 2.64. The number of ether oxygens (including phenoxy) is 2. The Morgan fingerprint density at radius 2 is 2.17 bits per heavy atom. The lowest BCUT2D eigenvalue weighted by Crippen LogP contribution is -2.55. The van der Waals surface area contributed by atoms with E-state index in [1.54, 1.807) is 0 Å². The molecule has 1 aliphatic heterocycles. The Labute approximate surface area is 129 Å². The molecule has 1 aromatic carbocycles. The van der Waals surface area contributed by atoms with E-state index in [2.05, 4.69) is 4.99 Å². The van der Waals surface area contributed by atoms with Crippen LogP contribution < -0.4 is 5.73 Å². The number of nitro groups is 1. The molecule has 1 heterocycles. The van der Waals surface area contributed by atoms with Crippen molar-refractivity contribution in [1.82, 2.24) is 0 Å². The Morgan fingerprint density at radius 3 is 2.70 bits per heavy atom. The van der Waals surface area contributed by atoms with Gasteiger partial charge in [0.25, 0.3) is 18.1 Å². The largest absolute Gasteiger partial charge is 0.453 e. The van der Waals surface area contributed by atoms with Crippen molar-refractivity contribution >= 4 is 11.7 Å². The molecule has 1 aromatic rings. The highest BCUT2D eigenvalue weighted by Crippen LogP contribution is 2.40. The summed E-state index contributed by atoms with van der Waals surface area (Å²) < 4.78 is 50.4. The first kappa shape index (κ1) is 17.0. The minimum Gasteiger partial charge on any atom is -0.453 e. The first-order chi connectivity index (χ1) is 10.7. The van der Waals surface area contributed by atoms with Gasteiger partial charge in [0.05, 0.1) is 4.92 Å². The summed E-state index contributed by atoms with van der Waals surface area (Å²) in [5.41, 5.74) is 3.02. The van der Waals surface area contributed by atoms with Crippen LogP contribution in [0.4, 0.5) is 18.9 Å². The number of non-ortho nitro benzene ring substituents is 1. The van der Waals surface area contributed by atoms with E-state index < -0.39 is 46.6 Å². The normalized spacial score (nSPS) is 27.5. The van der Waals surface area contributed by atoms with Crippen molar-refractivity contribution in [3.63, 3.8) is 0 Å². The predicted octanol–water partition coefficient (Wildman–Crippen LogP) is 1.94. The van der Waals surface area contributed by atoms with Crippen LogP contribution in [0.1, 0.15) is 12.5 Å². The maximum absolute atomic E-state index is 14.2. The number of amidine groups is 1. The van der Waals surface area contributed by atoms with Gasteiger partial charge in [-0.25, -0.2) is 18.2 Å². The number of methoxy groups -OCH3 is 1. The SMILES string of the molecule is CO[C@H]1[C@@H](C(F)F)OC(N)=N[C@]1(C)c1cc([N+](=O)[O-])ccc1F. The molecule has 0 fully saturated rings. The van der Waals surface area contributed by atoms with Gasteiger partial charge in [0.2, 0.25) is 0 Å². The molecule has 0 aromatic heterocycles. The average Bonchev–Trinajstić information content (AvgIpc) is 2.46. The van der Waals surface area contributed by atoms with E-state index in [1.807, 2.05) is 0 Å². The highest BCUT2D eigenvalue weighted by Gasteiger charge is 2.51. The maximum atomic E-state index is 14.2. The molecule has 2 rings (SSSR count). The first-order valence-corrected chi connectivity index (χ1v) is 6.48. The van der Waals surface area contributed by atoms with Crippen LogP contribution in [0, 0.1) is 15.9 Å². The summed E-state index contributed by atoms with van der Waals surface area (Å²) >= 11 is 0. The zero-order valence-corrected chi connectivity index (χ0v) is 12.2. The Morgan fingerprint density at radius 1 is 1.52 bits per heavy atom. The van der Waals surface area contributed by atoms with Crippen LogP contribution in [-0.4, -0.2) is 36.7 Å². The van der Waals surface area contributed by atoms with Crippen LogP contribution in [0.5, 0.6) is 0 Å². The van der Waals surface area contributed by atoms with Crippen molar-refractivity contribution < 1.29 is 27.6 Å². The number of hydrogen-bond donors (Lipinski definition) is 1. The lowest BCUT2D eigenvalue weighted by atomic mass is 9.82. The molecule has 0 spiro atoms. The third-order valence-electron chi connectivity index (χ3n) is 3.66. The van der Waals surface area contributed by atoms with E-state index in [9.17, 15) is 23.3 Å². The Kier molecular flexibility index (Phi) is 4.46. The van der Waals surface area contributed by atoms with Gasteiger partial charge in [-0.1, -0.05) is 0 Å². The molecule has 126 valence electrons. The summed E-state index contributed by atoms with van der Waals surface area (Å²) in [6.07, 6.45) is -6.16. The molecule has 0 saturated heterocycles. The number of aliphatic imine (C=N–C) groups is 1. The lowest BCUT2D eigenvalue weighted by Gasteiger charge is -2.41. The van der Waals surface area contributed by atoms with E-state index in [0.29, 0.717) is 0 Å². The summed E-state index contributed by atoms with van der Waals surface area (Å²) in [5, 5.41) is 10.9. The standard InChI is InChI=1S/C13H14F3N3O4/c1-13(7-5-6(19(20)21)3-4-8(7)14)10(22-2)9(11(15)16)23-12(17)18-13/h3-5,9-11H,1-2H3,(H2,17,18)/t9-,10-,13+/m0/s1. The summed E-state index contributed by atoms with van der Waals surface area (Å²) in [7, 11) is 1.13. The molecular weight excluding hydrogens is 319 g/mol. The summed E-state index contributed by atoms with van der Waals surface area (Å²) in [5.74, 6) is -0.855. The summed E-state index contributed by atoms with van der Waals surface area (Å²) in [6.45, 7) is 1.30. The number of nitrogens with zero attached hydrogens (tertiary/aromatic N) is 2. The predicted molar refractivity (Wildman–Crippen MR) is 73.7 cm³/mol. The van der Waals surface area contributed by atoms with Crippen molar-refractivity contribution in [2.24, 2.45) is 10.7 Å². The zero-order chi connectivity index (χ0) is 17.4. The van der Waals surface area contributed by atoms with Crippen molar-refractivity contribution in [3.05, 3.63) is 39.7 Å². The fraction of sp³-hybridized carbons (Fsp3) is 0.462. The van der Waals surface area contributed by atoms with Gasteiger partial charge in [0, 0.05) is 24.8 Å². The number of hydrogen-bond acceptors (Lipinski definition) is 6. The Hall–Kier alpha value is -2.36. The van der Waals surface area contributed by atoms with Crippen LogP contribution in [0.3, 0.4) is 0 Å². The van der Waals surface area contributed by atoms with Crippen LogP contribution in [-0.2, 0) is 15.0 Å². The molecule has 0 unspecified atom stereocenters. The second-order valence-electron chi connectivity index (χ2n) is 5.09. The molecule has 7 nitrogen and oxygen atoms in total. The average molecular weight is 333 g/mol. The molecule has 2 N–H and O–H groups in total. The van der Waals surface area contributed by atoms with Crippen molar-refractivity contribution in [2.75, 3.05) is 7.11 Å². The van der Waals surface area contributed by atoms with Crippen LogP contribution in [0.15, 0.2) is 23.2 Å². The lowest BCUT2D eigenvalue weighted by molar-refractivity contribution is -0.385. The molecule has 10 heteroatoms. The van der Waals surface area contributed by atoms with E-state index >= 15 is 0 Å². The molecule has 0 bridgehead atoms. The van der Waals surface area contributed by atoms with Gasteiger partial charge in [-0.3, -0.25) is 10.1 Å². The highest BCUT2D eigenvalue weighted by molar-refractivity contribution is 5.73. The van der Waals surface area contributed by atoms with Crippen LogP contribution in [0.2, 0.25) is 0 Å². The van der Waals surface area contributed by atoms with Gasteiger partial charge in [-0.05, 0) is 13.0 Å². The third kappa shape index (κ3) is 2.93. The number of nitrogens with two attached hydrogens (primary N) is 1. The number of rotatable bonds is 4. The van der Waals surface area contributed by atoms with E-state index in [1.165, 1.54) is 6.92 Å². The van der Waals surface area contributed by atoms with Gasteiger partial charge in [-0.15, -0.1) is 0 Å². The highest BCUT2D eigenvalue weighted by atomic mass is 19.3. The molecule has 0 radical (unpaired) electrons. The summed E-state index contributed by atoms with van der Waals surface area (Å²) in [4.78, 5) is 14.0. The zero-order valence-electron chi connectivity index (χ0n) is 12.2. The second kappa shape index (κ2) is 6.03. The monoisotopic (exact) mass is 333 g/mol. The number of nitro benzene ring substituents is 1. The van der Waals surface area contributed by atoms with Gasteiger partial charge in [-0.2, -0.15) is 0 Å². The maximum Gasteiger partial charge on any atom is 0.283 e. The third-order valence-corrected chi connectivity index (χ3v) is 3.66. The Bertz CT molecular complexity index is 655. The molecule has 0 saturated carbocycles. The van der Waals surface area contributed by atoms with Crippen molar-refractivity contribution in [2.45, 2.75) is 31.1 Å². The molecule has 0 amide bonds. The summed E-state index contributed by atoms with van der Waals surface area (Å²) in [6, 6.07) is 2.17. The molecule has 3 atom stereocenters. The molecule has 1 aliphatic rings. The molecule has 0 aliphatic carbocycles. The van der Waals surface area contributed by atoms with Gasteiger partial charge < -0.3 is 15.2 Å². The fourth-order valence-electron chi connectivity index (χ4n) is 2.62. The topological polar surface area (TPSA) is 100.0 Å². The van der Waals surface area contributed by atoms with Gasteiger partial charge in [0.15, 0.2) is 6.10 Å². The van der Waals surface area contributed by atoms with E-state index in [-0.39, 0.29) is 5.56 Å². The van der Waals surface area contributed by atoms with Gasteiger partial charge in [0.1, 0.15) is 17.5 Å². The molecule has 23 heavy (non-hydrogen) atoms. The fourth-order valence-corrected chi connectivity index (χ4v) is 2.62. The van der Waals surface area contributed by atoms with E-state index in [0.717, 1.165) is 25.3 Å². The van der Waals surface area contributed by atoms with Crippen molar-refractivity contribution in [3.8, 4) is 0 Å². The van der Waals surface area contributed by atoms with Gasteiger partial charge >= 0.3 is 0 Å².